The number of aliphatic hydroxyl groups excluding tert-OH is 1. The Morgan fingerprint density at radius 3 is 2.40 bits per heavy atom. The summed E-state index contributed by atoms with van der Waals surface area (Å²) in [5, 5.41) is 16.8. The van der Waals surface area contributed by atoms with Gasteiger partial charge in [-0.15, -0.1) is 0 Å². The van der Waals surface area contributed by atoms with Gasteiger partial charge in [0, 0.05) is 25.2 Å². The molecule has 0 saturated heterocycles. The molecule has 2 atom stereocenters. The minimum Gasteiger partial charge on any atom is -0.493 e. The van der Waals surface area contributed by atoms with E-state index in [1.165, 1.54) is 0 Å². The molecule has 2 unspecified atom stereocenters. The number of ether oxygens (including phenoxy) is 6. The Balaban J connectivity index is 1.46. The van der Waals surface area contributed by atoms with Crippen molar-refractivity contribution in [3.8, 4) is 34.5 Å². The Labute approximate surface area is 207 Å². The van der Waals surface area contributed by atoms with Crippen LogP contribution in [0.2, 0.25) is 0 Å². The first-order valence-electron chi connectivity index (χ1n) is 11.8. The van der Waals surface area contributed by atoms with Gasteiger partial charge in [-0.3, -0.25) is 0 Å². The Morgan fingerprint density at radius 2 is 1.71 bits per heavy atom. The second-order valence-corrected chi connectivity index (χ2v) is 9.27. The van der Waals surface area contributed by atoms with E-state index in [4.69, 9.17) is 28.4 Å². The highest BCUT2D eigenvalue weighted by atomic mass is 16.6. The fourth-order valence-electron chi connectivity index (χ4n) is 3.44. The molecule has 0 aromatic heterocycles. The van der Waals surface area contributed by atoms with Crippen molar-refractivity contribution in [2.24, 2.45) is 0 Å². The van der Waals surface area contributed by atoms with Gasteiger partial charge in [0.2, 0.25) is 11.5 Å². The highest BCUT2D eigenvalue weighted by Gasteiger charge is 2.25. The molecule has 1 aliphatic heterocycles. The van der Waals surface area contributed by atoms with Gasteiger partial charge in [-0.05, 0) is 45.0 Å². The molecule has 0 aliphatic carbocycles. The lowest BCUT2D eigenvalue weighted by molar-refractivity contribution is 0.0735. The number of methoxy groups -OCH3 is 2. The van der Waals surface area contributed by atoms with E-state index >= 15 is 0 Å². The van der Waals surface area contributed by atoms with Crippen molar-refractivity contribution in [3.05, 3.63) is 36.4 Å². The molecular formula is C26H38N2O7. The molecule has 3 rings (SSSR count). The highest BCUT2D eigenvalue weighted by molar-refractivity contribution is 5.52. The Bertz CT molecular complexity index is 910. The lowest BCUT2D eigenvalue weighted by Gasteiger charge is -2.28. The number of aliphatic hydroxyl groups is 1. The molecule has 0 fully saturated rings. The summed E-state index contributed by atoms with van der Waals surface area (Å²) >= 11 is 0. The lowest BCUT2D eigenvalue weighted by Crippen LogP contribution is -2.42. The van der Waals surface area contributed by atoms with E-state index < -0.39 is 6.10 Å². The van der Waals surface area contributed by atoms with E-state index in [0.29, 0.717) is 67.3 Å². The first-order valence-corrected chi connectivity index (χ1v) is 11.8. The number of rotatable bonds is 13. The van der Waals surface area contributed by atoms with Crippen LogP contribution in [0, 0.1) is 0 Å². The van der Waals surface area contributed by atoms with Gasteiger partial charge >= 0.3 is 0 Å². The topological polar surface area (TPSA) is 99.7 Å². The predicted molar refractivity (Wildman–Crippen MR) is 134 cm³/mol. The van der Waals surface area contributed by atoms with Crippen LogP contribution in [0.4, 0.5) is 0 Å². The summed E-state index contributed by atoms with van der Waals surface area (Å²) in [6.45, 7) is 8.75. The zero-order chi connectivity index (χ0) is 25.3. The van der Waals surface area contributed by atoms with Gasteiger partial charge in [0.15, 0.2) is 23.0 Å². The van der Waals surface area contributed by atoms with E-state index in [9.17, 15) is 5.11 Å². The van der Waals surface area contributed by atoms with Crippen LogP contribution < -0.4 is 39.1 Å². The summed E-state index contributed by atoms with van der Waals surface area (Å²) in [4.78, 5) is 0. The Kier molecular flexibility index (Phi) is 9.71. The quantitative estimate of drug-likeness (QED) is 0.366. The van der Waals surface area contributed by atoms with Crippen molar-refractivity contribution < 1.29 is 33.5 Å². The molecule has 3 N–H and O–H groups in total. The van der Waals surface area contributed by atoms with Gasteiger partial charge in [-0.1, -0.05) is 12.1 Å². The molecule has 0 amide bonds. The zero-order valence-electron chi connectivity index (χ0n) is 21.3. The van der Waals surface area contributed by atoms with Crippen LogP contribution >= 0.6 is 0 Å². The molecular weight excluding hydrogens is 452 g/mol. The van der Waals surface area contributed by atoms with Gasteiger partial charge in [0.05, 0.1) is 14.2 Å². The van der Waals surface area contributed by atoms with Gasteiger partial charge in [-0.2, -0.15) is 0 Å². The molecule has 1 heterocycles. The summed E-state index contributed by atoms with van der Waals surface area (Å²) in [6.07, 6.45) is -0.838. The van der Waals surface area contributed by atoms with Gasteiger partial charge in [0.1, 0.15) is 32.0 Å². The van der Waals surface area contributed by atoms with E-state index in [1.807, 2.05) is 36.4 Å². The fourth-order valence-corrected chi connectivity index (χ4v) is 3.44. The van der Waals surface area contributed by atoms with Crippen LogP contribution in [0.1, 0.15) is 20.8 Å². The number of para-hydroxylation sites is 2. The highest BCUT2D eigenvalue weighted by Crippen LogP contribution is 2.40. The molecule has 1 aliphatic rings. The molecule has 9 heteroatoms. The minimum atomic E-state index is -0.645. The van der Waals surface area contributed by atoms with Crippen molar-refractivity contribution in [1.29, 1.82) is 0 Å². The van der Waals surface area contributed by atoms with Crippen LogP contribution in [-0.4, -0.2) is 76.5 Å². The molecule has 9 nitrogen and oxygen atoms in total. The van der Waals surface area contributed by atoms with E-state index in [2.05, 4.69) is 31.4 Å². The van der Waals surface area contributed by atoms with Gasteiger partial charge in [0.25, 0.3) is 0 Å². The van der Waals surface area contributed by atoms with Gasteiger partial charge in [-0.25, -0.2) is 0 Å². The molecule has 0 spiro atoms. The van der Waals surface area contributed by atoms with Crippen molar-refractivity contribution in [2.75, 3.05) is 53.7 Å². The average Bonchev–Trinajstić information content (AvgIpc) is 2.85. The first kappa shape index (κ1) is 26.7. The first-order chi connectivity index (χ1) is 16.8. The molecule has 194 valence electrons. The monoisotopic (exact) mass is 490 g/mol. The summed E-state index contributed by atoms with van der Waals surface area (Å²) in [7, 11) is 3.19. The van der Waals surface area contributed by atoms with Crippen LogP contribution in [0.15, 0.2) is 36.4 Å². The summed E-state index contributed by atoms with van der Waals surface area (Å²) < 4.78 is 34.5. The van der Waals surface area contributed by atoms with Crippen LogP contribution in [-0.2, 0) is 0 Å². The van der Waals surface area contributed by atoms with Crippen molar-refractivity contribution in [2.45, 2.75) is 38.5 Å². The molecule has 0 bridgehead atoms. The number of fused-ring (bicyclic) bond motifs is 1. The van der Waals surface area contributed by atoms with Crippen LogP contribution in [0.5, 0.6) is 34.5 Å². The lowest BCUT2D eigenvalue weighted by atomic mass is 10.1. The van der Waals surface area contributed by atoms with Crippen molar-refractivity contribution in [3.63, 3.8) is 0 Å². The van der Waals surface area contributed by atoms with Crippen molar-refractivity contribution >= 4 is 0 Å². The Hall–Kier alpha value is -2.88. The standard InChI is InChI=1S/C26H38N2O7/c1-26(2,3)28-14-18(29)16-33-22-10-7-11-23-25(22)35-19(17-34-23)15-27-12-13-32-24-20(30-4)8-6-9-21(24)31-5/h6-11,18-19,27-29H,12-17H2,1-5H3. The van der Waals surface area contributed by atoms with Crippen LogP contribution in [0.25, 0.3) is 0 Å². The maximum Gasteiger partial charge on any atom is 0.204 e. The third kappa shape index (κ3) is 8.09. The largest absolute Gasteiger partial charge is 0.493 e. The molecule has 0 radical (unpaired) electrons. The molecule has 35 heavy (non-hydrogen) atoms. The number of β-amino-alcohol motifs (C(OH)–C–C–N with tert-alkyl or cyclic N) is 1. The normalized spacial score (nSPS) is 15.9. The Morgan fingerprint density at radius 1 is 1.03 bits per heavy atom. The number of nitrogens with one attached hydrogen (secondary N) is 2. The smallest absolute Gasteiger partial charge is 0.204 e. The fraction of sp³-hybridized carbons (Fsp3) is 0.538. The van der Waals surface area contributed by atoms with Crippen molar-refractivity contribution in [1.82, 2.24) is 10.6 Å². The zero-order valence-corrected chi connectivity index (χ0v) is 21.3. The van der Waals surface area contributed by atoms with Crippen LogP contribution in [0.3, 0.4) is 0 Å². The molecule has 2 aromatic carbocycles. The second-order valence-electron chi connectivity index (χ2n) is 9.27. The van der Waals surface area contributed by atoms with E-state index in [1.54, 1.807) is 14.2 Å². The minimum absolute atomic E-state index is 0.0751. The number of benzene rings is 2. The summed E-state index contributed by atoms with van der Waals surface area (Å²) in [5.74, 6) is 3.55. The molecule has 2 aromatic rings. The average molecular weight is 491 g/mol. The summed E-state index contributed by atoms with van der Waals surface area (Å²) in [6, 6.07) is 11.0. The SMILES string of the molecule is COc1cccc(OC)c1OCCNCC1COc2cccc(OCC(O)CNC(C)(C)C)c2O1. The van der Waals surface area contributed by atoms with E-state index in [0.717, 1.165) is 0 Å². The maximum absolute atomic E-state index is 10.2. The third-order valence-electron chi connectivity index (χ3n) is 5.23. The van der Waals surface area contributed by atoms with E-state index in [-0.39, 0.29) is 18.2 Å². The predicted octanol–water partition coefficient (Wildman–Crippen LogP) is 2.64. The summed E-state index contributed by atoms with van der Waals surface area (Å²) in [5.41, 5.74) is -0.0751. The number of hydrogen-bond donors (Lipinski definition) is 3. The second kappa shape index (κ2) is 12.7. The third-order valence-corrected chi connectivity index (χ3v) is 5.23. The maximum atomic E-state index is 10.2. The number of hydrogen-bond acceptors (Lipinski definition) is 9. The van der Waals surface area contributed by atoms with Gasteiger partial charge < -0.3 is 44.2 Å². The molecule has 0 saturated carbocycles.